The second-order valence-electron chi connectivity index (χ2n) is 4.34. The molecule has 0 bridgehead atoms. The van der Waals surface area contributed by atoms with Crippen molar-refractivity contribution < 1.29 is 9.53 Å². The summed E-state index contributed by atoms with van der Waals surface area (Å²) in [5, 5.41) is 4.07. The normalized spacial score (nSPS) is 11.0. The SMILES string of the molecule is C/C(=N/NC(=O)COc1ccccc1)c1ccc(I)cc1. The first-order valence-electron chi connectivity index (χ1n) is 6.42. The molecular formula is C16H15IN2O2. The van der Waals surface area contributed by atoms with Crippen molar-refractivity contribution in [3.63, 3.8) is 0 Å². The highest BCUT2D eigenvalue weighted by Gasteiger charge is 2.02. The molecule has 0 spiro atoms. The maximum Gasteiger partial charge on any atom is 0.277 e. The van der Waals surface area contributed by atoms with Crippen molar-refractivity contribution in [3.8, 4) is 5.75 Å². The van der Waals surface area contributed by atoms with Crippen molar-refractivity contribution in [2.45, 2.75) is 6.92 Å². The zero-order valence-electron chi connectivity index (χ0n) is 11.5. The molecule has 0 aliphatic heterocycles. The van der Waals surface area contributed by atoms with Crippen LogP contribution in [0.25, 0.3) is 0 Å². The summed E-state index contributed by atoms with van der Waals surface area (Å²) in [6, 6.07) is 17.1. The minimum absolute atomic E-state index is 0.0620. The van der Waals surface area contributed by atoms with Crippen LogP contribution in [0, 0.1) is 3.57 Å². The maximum atomic E-state index is 11.7. The van der Waals surface area contributed by atoms with E-state index in [2.05, 4.69) is 33.1 Å². The van der Waals surface area contributed by atoms with Gasteiger partial charge in [-0.2, -0.15) is 5.10 Å². The van der Waals surface area contributed by atoms with E-state index < -0.39 is 0 Å². The molecule has 2 aromatic rings. The Bertz CT molecular complexity index is 624. The van der Waals surface area contributed by atoms with Gasteiger partial charge in [0.15, 0.2) is 6.61 Å². The number of para-hydroxylation sites is 1. The van der Waals surface area contributed by atoms with Gasteiger partial charge >= 0.3 is 0 Å². The molecule has 1 amide bonds. The molecule has 0 saturated heterocycles. The van der Waals surface area contributed by atoms with Crippen LogP contribution in [0.1, 0.15) is 12.5 Å². The van der Waals surface area contributed by atoms with E-state index in [1.807, 2.05) is 49.4 Å². The van der Waals surface area contributed by atoms with E-state index in [1.54, 1.807) is 12.1 Å². The summed E-state index contributed by atoms with van der Waals surface area (Å²) in [5.74, 6) is 0.370. The van der Waals surface area contributed by atoms with E-state index >= 15 is 0 Å². The van der Waals surface area contributed by atoms with Gasteiger partial charge in [-0.25, -0.2) is 5.43 Å². The summed E-state index contributed by atoms with van der Waals surface area (Å²) >= 11 is 2.24. The molecule has 0 fully saturated rings. The fourth-order valence-corrected chi connectivity index (χ4v) is 1.96. The van der Waals surface area contributed by atoms with Crippen LogP contribution >= 0.6 is 22.6 Å². The molecule has 2 rings (SSSR count). The Labute approximate surface area is 137 Å². The van der Waals surface area contributed by atoms with E-state index in [0.717, 1.165) is 14.8 Å². The molecule has 0 unspecified atom stereocenters. The van der Waals surface area contributed by atoms with Gasteiger partial charge in [-0.3, -0.25) is 4.79 Å². The number of hydrogen-bond acceptors (Lipinski definition) is 3. The molecular weight excluding hydrogens is 379 g/mol. The van der Waals surface area contributed by atoms with E-state index in [-0.39, 0.29) is 12.5 Å². The number of nitrogens with zero attached hydrogens (tertiary/aromatic N) is 1. The lowest BCUT2D eigenvalue weighted by Crippen LogP contribution is -2.25. The van der Waals surface area contributed by atoms with Crippen LogP contribution in [-0.2, 0) is 4.79 Å². The predicted molar refractivity (Wildman–Crippen MR) is 91.4 cm³/mol. The number of benzene rings is 2. The van der Waals surface area contributed by atoms with Gasteiger partial charge in [-0.05, 0) is 59.3 Å². The zero-order chi connectivity index (χ0) is 15.1. The number of rotatable bonds is 5. The summed E-state index contributed by atoms with van der Waals surface area (Å²) in [6.45, 7) is 1.79. The van der Waals surface area contributed by atoms with Gasteiger partial charge in [-0.15, -0.1) is 0 Å². The molecule has 0 aromatic heterocycles. The predicted octanol–water partition coefficient (Wildman–Crippen LogP) is 3.21. The Balaban J connectivity index is 1.85. The van der Waals surface area contributed by atoms with E-state index in [0.29, 0.717) is 5.75 Å². The third-order valence-corrected chi connectivity index (χ3v) is 3.44. The summed E-state index contributed by atoms with van der Waals surface area (Å²) < 4.78 is 6.50. The van der Waals surface area contributed by atoms with Gasteiger partial charge in [0.2, 0.25) is 0 Å². The first-order valence-corrected chi connectivity index (χ1v) is 7.50. The molecule has 0 atom stereocenters. The summed E-state index contributed by atoms with van der Waals surface area (Å²) in [7, 11) is 0. The number of halogens is 1. The van der Waals surface area contributed by atoms with Crippen LogP contribution in [0.15, 0.2) is 59.7 Å². The fraction of sp³-hybridized carbons (Fsp3) is 0.125. The molecule has 21 heavy (non-hydrogen) atoms. The Kier molecular flexibility index (Phi) is 5.74. The average Bonchev–Trinajstić information content (AvgIpc) is 2.52. The minimum Gasteiger partial charge on any atom is -0.484 e. The molecule has 108 valence electrons. The highest BCUT2D eigenvalue weighted by atomic mass is 127. The molecule has 0 aliphatic carbocycles. The molecule has 0 heterocycles. The number of amides is 1. The van der Waals surface area contributed by atoms with Crippen molar-refractivity contribution in [1.82, 2.24) is 5.43 Å². The first kappa shape index (κ1) is 15.5. The largest absolute Gasteiger partial charge is 0.484 e. The maximum absolute atomic E-state index is 11.7. The van der Waals surface area contributed by atoms with Gasteiger partial charge in [0.25, 0.3) is 5.91 Å². The van der Waals surface area contributed by atoms with Crippen LogP contribution in [0.3, 0.4) is 0 Å². The standard InChI is InChI=1S/C16H15IN2O2/c1-12(13-7-9-14(17)10-8-13)18-19-16(20)11-21-15-5-3-2-4-6-15/h2-10H,11H2,1H3,(H,19,20)/b18-12-. The van der Waals surface area contributed by atoms with Crippen LogP contribution in [0.4, 0.5) is 0 Å². The molecule has 0 aliphatic rings. The topological polar surface area (TPSA) is 50.7 Å². The summed E-state index contributed by atoms with van der Waals surface area (Å²) in [5.41, 5.74) is 4.21. The van der Waals surface area contributed by atoms with Crippen molar-refractivity contribution in [1.29, 1.82) is 0 Å². The molecule has 0 saturated carbocycles. The smallest absolute Gasteiger partial charge is 0.277 e. The Hall–Kier alpha value is -1.89. The highest BCUT2D eigenvalue weighted by molar-refractivity contribution is 14.1. The lowest BCUT2D eigenvalue weighted by molar-refractivity contribution is -0.123. The summed E-state index contributed by atoms with van der Waals surface area (Å²) in [6.07, 6.45) is 0. The number of ether oxygens (including phenoxy) is 1. The number of nitrogens with one attached hydrogen (secondary N) is 1. The molecule has 1 N–H and O–H groups in total. The van der Waals surface area contributed by atoms with Crippen LogP contribution in [0.2, 0.25) is 0 Å². The second kappa shape index (κ2) is 7.78. The fourth-order valence-electron chi connectivity index (χ4n) is 1.60. The molecule has 0 radical (unpaired) electrons. The third-order valence-electron chi connectivity index (χ3n) is 2.72. The van der Waals surface area contributed by atoms with E-state index in [9.17, 15) is 4.79 Å². The Morgan fingerprint density at radius 2 is 1.81 bits per heavy atom. The van der Waals surface area contributed by atoms with Gasteiger partial charge in [0, 0.05) is 3.57 Å². The minimum atomic E-state index is -0.288. The lowest BCUT2D eigenvalue weighted by Gasteiger charge is -2.05. The van der Waals surface area contributed by atoms with Crippen molar-refractivity contribution in [2.75, 3.05) is 6.61 Å². The van der Waals surface area contributed by atoms with E-state index in [1.165, 1.54) is 0 Å². The van der Waals surface area contributed by atoms with Gasteiger partial charge in [0.1, 0.15) is 5.75 Å². The zero-order valence-corrected chi connectivity index (χ0v) is 13.7. The Morgan fingerprint density at radius 3 is 2.48 bits per heavy atom. The lowest BCUT2D eigenvalue weighted by atomic mass is 10.1. The molecule has 4 nitrogen and oxygen atoms in total. The van der Waals surface area contributed by atoms with Crippen molar-refractivity contribution >= 4 is 34.2 Å². The highest BCUT2D eigenvalue weighted by Crippen LogP contribution is 2.08. The van der Waals surface area contributed by atoms with Crippen molar-refractivity contribution in [3.05, 3.63) is 63.7 Å². The van der Waals surface area contributed by atoms with Crippen LogP contribution < -0.4 is 10.2 Å². The first-order chi connectivity index (χ1) is 10.1. The quantitative estimate of drug-likeness (QED) is 0.481. The van der Waals surface area contributed by atoms with Crippen LogP contribution in [0.5, 0.6) is 5.75 Å². The van der Waals surface area contributed by atoms with Gasteiger partial charge < -0.3 is 4.74 Å². The summed E-state index contributed by atoms with van der Waals surface area (Å²) in [4.78, 5) is 11.7. The van der Waals surface area contributed by atoms with Gasteiger partial charge in [0.05, 0.1) is 5.71 Å². The molecule has 2 aromatic carbocycles. The second-order valence-corrected chi connectivity index (χ2v) is 5.59. The molecule has 5 heteroatoms. The monoisotopic (exact) mass is 394 g/mol. The number of carbonyl (C=O) groups excluding carboxylic acids is 1. The number of hydrazone groups is 1. The Morgan fingerprint density at radius 1 is 1.14 bits per heavy atom. The number of carbonyl (C=O) groups is 1. The van der Waals surface area contributed by atoms with Crippen LogP contribution in [-0.4, -0.2) is 18.2 Å². The number of hydrogen-bond donors (Lipinski definition) is 1. The average molecular weight is 394 g/mol. The van der Waals surface area contributed by atoms with Gasteiger partial charge in [-0.1, -0.05) is 30.3 Å². The van der Waals surface area contributed by atoms with Crippen molar-refractivity contribution in [2.24, 2.45) is 5.10 Å². The third kappa shape index (κ3) is 5.18. The van der Waals surface area contributed by atoms with E-state index in [4.69, 9.17) is 4.74 Å².